The molecule has 5 heteroatoms. The largest absolute Gasteiger partial charge is 0.341 e. The van der Waals surface area contributed by atoms with Gasteiger partial charge < -0.3 is 10.2 Å². The van der Waals surface area contributed by atoms with Crippen molar-refractivity contribution in [2.24, 2.45) is 11.8 Å². The Bertz CT molecular complexity index is 253. The van der Waals surface area contributed by atoms with E-state index in [4.69, 9.17) is 0 Å². The van der Waals surface area contributed by atoms with E-state index in [1.54, 1.807) is 0 Å². The van der Waals surface area contributed by atoms with Crippen LogP contribution in [0.25, 0.3) is 0 Å². The SMILES string of the molecule is CC(CC(=O)N1CCSCC1)C1CCNCC1.Cl. The van der Waals surface area contributed by atoms with Gasteiger partial charge in [0.1, 0.15) is 0 Å². The molecule has 0 aromatic carbocycles. The summed E-state index contributed by atoms with van der Waals surface area (Å²) < 4.78 is 0. The van der Waals surface area contributed by atoms with Gasteiger partial charge in [-0.1, -0.05) is 6.92 Å². The summed E-state index contributed by atoms with van der Waals surface area (Å²) in [5, 5.41) is 3.39. The monoisotopic (exact) mass is 292 g/mol. The molecule has 1 amide bonds. The number of halogens is 1. The van der Waals surface area contributed by atoms with Crippen molar-refractivity contribution in [3.05, 3.63) is 0 Å². The highest BCUT2D eigenvalue weighted by Crippen LogP contribution is 2.25. The Labute approximate surface area is 121 Å². The number of nitrogens with zero attached hydrogens (tertiary/aromatic N) is 1. The molecule has 106 valence electrons. The van der Waals surface area contributed by atoms with Crippen molar-refractivity contribution in [3.8, 4) is 0 Å². The van der Waals surface area contributed by atoms with Crippen molar-refractivity contribution in [1.29, 1.82) is 0 Å². The number of amides is 1. The molecule has 2 heterocycles. The molecule has 1 N–H and O–H groups in total. The van der Waals surface area contributed by atoms with Crippen LogP contribution in [0.2, 0.25) is 0 Å². The number of carbonyl (C=O) groups excluding carboxylic acids is 1. The number of thioether (sulfide) groups is 1. The molecule has 1 unspecified atom stereocenters. The normalized spacial score (nSPS) is 23.3. The minimum atomic E-state index is 0. The average Bonchev–Trinajstić information content (AvgIpc) is 2.40. The van der Waals surface area contributed by atoms with E-state index in [1.807, 2.05) is 11.8 Å². The van der Waals surface area contributed by atoms with E-state index in [9.17, 15) is 4.79 Å². The summed E-state index contributed by atoms with van der Waals surface area (Å²) in [4.78, 5) is 14.2. The summed E-state index contributed by atoms with van der Waals surface area (Å²) >= 11 is 1.96. The van der Waals surface area contributed by atoms with E-state index >= 15 is 0 Å². The first-order chi connectivity index (χ1) is 8.27. The minimum Gasteiger partial charge on any atom is -0.341 e. The van der Waals surface area contributed by atoms with E-state index < -0.39 is 0 Å². The molecule has 2 fully saturated rings. The zero-order valence-electron chi connectivity index (χ0n) is 11.2. The molecule has 2 saturated heterocycles. The lowest BCUT2D eigenvalue weighted by atomic mass is 9.84. The highest BCUT2D eigenvalue weighted by Gasteiger charge is 2.24. The van der Waals surface area contributed by atoms with Crippen molar-refractivity contribution in [2.75, 3.05) is 37.7 Å². The zero-order chi connectivity index (χ0) is 12.1. The second-order valence-corrected chi connectivity index (χ2v) is 6.49. The molecule has 0 radical (unpaired) electrons. The molecule has 18 heavy (non-hydrogen) atoms. The molecule has 2 aliphatic rings. The maximum Gasteiger partial charge on any atom is 0.222 e. The summed E-state index contributed by atoms with van der Waals surface area (Å²) in [6.07, 6.45) is 3.24. The highest BCUT2D eigenvalue weighted by molar-refractivity contribution is 7.99. The van der Waals surface area contributed by atoms with Gasteiger partial charge in [-0.05, 0) is 37.8 Å². The number of nitrogens with one attached hydrogen (secondary N) is 1. The van der Waals surface area contributed by atoms with Crippen LogP contribution in [-0.4, -0.2) is 48.5 Å². The van der Waals surface area contributed by atoms with Crippen LogP contribution in [0.15, 0.2) is 0 Å². The molecule has 0 bridgehead atoms. The summed E-state index contributed by atoms with van der Waals surface area (Å²) in [6, 6.07) is 0. The number of carbonyl (C=O) groups is 1. The fraction of sp³-hybridized carbons (Fsp3) is 0.923. The Morgan fingerprint density at radius 1 is 1.33 bits per heavy atom. The minimum absolute atomic E-state index is 0. The maximum atomic E-state index is 12.2. The van der Waals surface area contributed by atoms with Crippen LogP contribution in [0.3, 0.4) is 0 Å². The molecule has 0 saturated carbocycles. The summed E-state index contributed by atoms with van der Waals surface area (Å²) in [5.41, 5.74) is 0. The second kappa shape index (κ2) is 8.28. The predicted octanol–water partition coefficient (Wildman–Crippen LogP) is 2.01. The first-order valence-electron chi connectivity index (χ1n) is 6.83. The highest BCUT2D eigenvalue weighted by atomic mass is 35.5. The third-order valence-electron chi connectivity index (χ3n) is 4.05. The van der Waals surface area contributed by atoms with Gasteiger partial charge >= 0.3 is 0 Å². The summed E-state index contributed by atoms with van der Waals surface area (Å²) in [6.45, 7) is 6.44. The first-order valence-corrected chi connectivity index (χ1v) is 7.99. The molecule has 2 rings (SSSR count). The van der Waals surface area contributed by atoms with Gasteiger partial charge in [0.2, 0.25) is 5.91 Å². The van der Waals surface area contributed by atoms with Crippen LogP contribution in [0, 0.1) is 11.8 Å². The van der Waals surface area contributed by atoms with Gasteiger partial charge in [0.05, 0.1) is 0 Å². The van der Waals surface area contributed by atoms with Gasteiger partial charge in [-0.25, -0.2) is 0 Å². The Morgan fingerprint density at radius 2 is 1.94 bits per heavy atom. The predicted molar refractivity (Wildman–Crippen MR) is 80.5 cm³/mol. The van der Waals surface area contributed by atoms with Crippen LogP contribution in [0.4, 0.5) is 0 Å². The molecule has 3 nitrogen and oxygen atoms in total. The number of hydrogen-bond acceptors (Lipinski definition) is 3. The topological polar surface area (TPSA) is 32.3 Å². The molecular weight excluding hydrogens is 268 g/mol. The van der Waals surface area contributed by atoms with Gasteiger partial charge in [0.25, 0.3) is 0 Å². The van der Waals surface area contributed by atoms with Gasteiger partial charge in [-0.2, -0.15) is 11.8 Å². The zero-order valence-corrected chi connectivity index (χ0v) is 12.8. The third-order valence-corrected chi connectivity index (χ3v) is 4.99. The standard InChI is InChI=1S/C13H24N2OS.ClH/c1-11(12-2-4-14-5-3-12)10-13(16)15-6-8-17-9-7-15;/h11-12,14H,2-10H2,1H3;1H. The Morgan fingerprint density at radius 3 is 2.56 bits per heavy atom. The van der Waals surface area contributed by atoms with E-state index in [0.29, 0.717) is 11.8 Å². The van der Waals surface area contributed by atoms with Gasteiger partial charge in [-0.3, -0.25) is 4.79 Å². The Kier molecular flexibility index (Phi) is 7.42. The first kappa shape index (κ1) is 16.1. The third kappa shape index (κ3) is 4.63. The lowest BCUT2D eigenvalue weighted by molar-refractivity contribution is -0.132. The molecule has 0 aromatic rings. The van der Waals surface area contributed by atoms with E-state index in [0.717, 1.165) is 50.0 Å². The van der Waals surface area contributed by atoms with Gasteiger partial charge in [0.15, 0.2) is 0 Å². The average molecular weight is 293 g/mol. The van der Waals surface area contributed by atoms with Gasteiger partial charge in [0, 0.05) is 31.0 Å². The maximum absolute atomic E-state index is 12.2. The summed E-state index contributed by atoms with van der Waals surface area (Å²) in [7, 11) is 0. The molecule has 0 spiro atoms. The Balaban J connectivity index is 0.00000162. The smallest absolute Gasteiger partial charge is 0.222 e. The lowest BCUT2D eigenvalue weighted by Crippen LogP contribution is -2.40. The van der Waals surface area contributed by atoms with Gasteiger partial charge in [-0.15, -0.1) is 12.4 Å². The lowest BCUT2D eigenvalue weighted by Gasteiger charge is -2.31. The summed E-state index contributed by atoms with van der Waals surface area (Å²) in [5.74, 6) is 3.93. The van der Waals surface area contributed by atoms with Crippen LogP contribution < -0.4 is 5.32 Å². The second-order valence-electron chi connectivity index (χ2n) is 5.26. The quantitative estimate of drug-likeness (QED) is 0.864. The number of piperidine rings is 1. The molecule has 1 atom stereocenters. The van der Waals surface area contributed by atoms with Crippen LogP contribution in [-0.2, 0) is 4.79 Å². The van der Waals surface area contributed by atoms with Crippen LogP contribution in [0.5, 0.6) is 0 Å². The van der Waals surface area contributed by atoms with Crippen molar-refractivity contribution >= 4 is 30.1 Å². The van der Waals surface area contributed by atoms with Crippen molar-refractivity contribution in [2.45, 2.75) is 26.2 Å². The van der Waals surface area contributed by atoms with Crippen molar-refractivity contribution in [1.82, 2.24) is 10.2 Å². The van der Waals surface area contributed by atoms with Crippen molar-refractivity contribution in [3.63, 3.8) is 0 Å². The van der Waals surface area contributed by atoms with Crippen LogP contribution in [0.1, 0.15) is 26.2 Å². The fourth-order valence-electron chi connectivity index (χ4n) is 2.80. The van der Waals surface area contributed by atoms with Crippen LogP contribution >= 0.6 is 24.2 Å². The molecule has 0 aliphatic carbocycles. The molecule has 0 aromatic heterocycles. The Hall–Kier alpha value is 0.0700. The fourth-order valence-corrected chi connectivity index (χ4v) is 3.70. The number of rotatable bonds is 3. The van der Waals surface area contributed by atoms with E-state index in [-0.39, 0.29) is 12.4 Å². The molecule has 2 aliphatic heterocycles. The number of hydrogen-bond donors (Lipinski definition) is 1. The van der Waals surface area contributed by atoms with E-state index in [1.165, 1.54) is 12.8 Å². The van der Waals surface area contributed by atoms with Crippen molar-refractivity contribution < 1.29 is 4.79 Å². The molecular formula is C13H25ClN2OS. The van der Waals surface area contributed by atoms with E-state index in [2.05, 4.69) is 17.1 Å².